The average Bonchev–Trinajstić information content (AvgIpc) is 2.44. The molecule has 4 heteroatoms. The summed E-state index contributed by atoms with van der Waals surface area (Å²) >= 11 is 0. The second-order valence-corrected chi connectivity index (χ2v) is 4.49. The van der Waals surface area contributed by atoms with Crippen molar-refractivity contribution in [2.75, 3.05) is 12.8 Å². The van der Waals surface area contributed by atoms with Crippen molar-refractivity contribution in [3.63, 3.8) is 0 Å². The molecule has 20 heavy (non-hydrogen) atoms. The Kier molecular flexibility index (Phi) is 4.25. The van der Waals surface area contributed by atoms with Crippen molar-refractivity contribution in [2.45, 2.75) is 13.5 Å². The molecule has 0 atom stereocenters. The minimum absolute atomic E-state index is 0.206. The third-order valence-corrected chi connectivity index (χ3v) is 2.93. The molecular weight excluding hydrogens is 254 g/mol. The normalized spacial score (nSPS) is 10.1. The fraction of sp³-hybridized carbons (Fsp3) is 0.188. The van der Waals surface area contributed by atoms with Crippen LogP contribution in [0.1, 0.15) is 21.5 Å². The maximum absolute atomic E-state index is 12.1. The molecule has 4 nitrogen and oxygen atoms in total. The molecule has 2 aromatic rings. The van der Waals surface area contributed by atoms with Crippen molar-refractivity contribution in [3.8, 4) is 5.75 Å². The summed E-state index contributed by atoms with van der Waals surface area (Å²) in [6, 6.07) is 12.8. The number of methoxy groups -OCH3 is 1. The van der Waals surface area contributed by atoms with Crippen LogP contribution in [0.5, 0.6) is 5.75 Å². The van der Waals surface area contributed by atoms with Crippen LogP contribution in [0, 0.1) is 6.92 Å². The van der Waals surface area contributed by atoms with E-state index < -0.39 is 5.97 Å². The third-order valence-electron chi connectivity index (χ3n) is 2.93. The van der Waals surface area contributed by atoms with Gasteiger partial charge in [0.2, 0.25) is 0 Å². The van der Waals surface area contributed by atoms with Gasteiger partial charge in [-0.3, -0.25) is 0 Å². The van der Waals surface area contributed by atoms with Crippen LogP contribution in [0.4, 0.5) is 5.69 Å². The quantitative estimate of drug-likeness (QED) is 0.686. The van der Waals surface area contributed by atoms with Crippen LogP contribution in [0.15, 0.2) is 42.5 Å². The van der Waals surface area contributed by atoms with Crippen LogP contribution in [-0.4, -0.2) is 13.1 Å². The van der Waals surface area contributed by atoms with Crippen molar-refractivity contribution >= 4 is 11.7 Å². The zero-order chi connectivity index (χ0) is 14.5. The monoisotopic (exact) mass is 271 g/mol. The molecule has 104 valence electrons. The molecule has 0 bridgehead atoms. The zero-order valence-electron chi connectivity index (χ0n) is 11.6. The molecule has 0 aromatic heterocycles. The lowest BCUT2D eigenvalue weighted by molar-refractivity contribution is 0.0470. The van der Waals surface area contributed by atoms with Crippen LogP contribution in [0.3, 0.4) is 0 Å². The predicted molar refractivity (Wildman–Crippen MR) is 77.7 cm³/mol. The van der Waals surface area contributed by atoms with Gasteiger partial charge >= 0.3 is 5.97 Å². The summed E-state index contributed by atoms with van der Waals surface area (Å²) in [5, 5.41) is 0. The fourth-order valence-electron chi connectivity index (χ4n) is 1.96. The minimum atomic E-state index is -0.485. The van der Waals surface area contributed by atoms with Crippen molar-refractivity contribution in [1.29, 1.82) is 0 Å². The van der Waals surface area contributed by atoms with E-state index in [0.29, 0.717) is 11.4 Å². The Bertz CT molecular complexity index is 623. The first-order valence-electron chi connectivity index (χ1n) is 6.27. The second-order valence-electron chi connectivity index (χ2n) is 4.49. The summed E-state index contributed by atoms with van der Waals surface area (Å²) < 4.78 is 10.4. The summed E-state index contributed by atoms with van der Waals surface area (Å²) in [4.78, 5) is 12.1. The third kappa shape index (κ3) is 3.09. The van der Waals surface area contributed by atoms with Crippen LogP contribution >= 0.6 is 0 Å². The van der Waals surface area contributed by atoms with Gasteiger partial charge in [-0.15, -0.1) is 0 Å². The number of hydrogen-bond donors (Lipinski definition) is 1. The van der Waals surface area contributed by atoms with Gasteiger partial charge in [0, 0.05) is 5.69 Å². The van der Waals surface area contributed by atoms with Crippen LogP contribution in [0.2, 0.25) is 0 Å². The zero-order valence-corrected chi connectivity index (χ0v) is 11.6. The molecular formula is C16H17NO3. The summed E-state index contributed by atoms with van der Waals surface area (Å²) in [7, 11) is 1.49. The highest BCUT2D eigenvalue weighted by Crippen LogP contribution is 2.25. The molecule has 0 fully saturated rings. The Hall–Kier alpha value is -2.49. The molecule has 0 radical (unpaired) electrons. The van der Waals surface area contributed by atoms with E-state index in [-0.39, 0.29) is 12.2 Å². The summed E-state index contributed by atoms with van der Waals surface area (Å²) in [5.41, 5.74) is 8.48. The van der Waals surface area contributed by atoms with E-state index in [2.05, 4.69) is 0 Å². The average molecular weight is 271 g/mol. The van der Waals surface area contributed by atoms with Gasteiger partial charge in [0.05, 0.1) is 7.11 Å². The van der Waals surface area contributed by atoms with Crippen LogP contribution < -0.4 is 10.5 Å². The van der Waals surface area contributed by atoms with Gasteiger partial charge in [-0.1, -0.05) is 35.9 Å². The fourth-order valence-corrected chi connectivity index (χ4v) is 1.96. The van der Waals surface area contributed by atoms with Gasteiger partial charge in [0.1, 0.15) is 17.9 Å². The van der Waals surface area contributed by atoms with E-state index in [0.717, 1.165) is 11.1 Å². The predicted octanol–water partition coefficient (Wildman–Crippen LogP) is 2.94. The number of anilines is 1. The topological polar surface area (TPSA) is 61.5 Å². The van der Waals surface area contributed by atoms with E-state index in [4.69, 9.17) is 15.2 Å². The SMILES string of the molecule is COc1cccc(N)c1C(=O)OCc1cccc(C)c1. The number of rotatable bonds is 4. The van der Waals surface area contributed by atoms with Crippen molar-refractivity contribution in [2.24, 2.45) is 0 Å². The highest BCUT2D eigenvalue weighted by Gasteiger charge is 2.17. The van der Waals surface area contributed by atoms with E-state index in [9.17, 15) is 4.79 Å². The standard InChI is InChI=1S/C16H17NO3/c1-11-5-3-6-12(9-11)10-20-16(18)15-13(17)7-4-8-14(15)19-2/h3-9H,10,17H2,1-2H3. The van der Waals surface area contributed by atoms with Gasteiger partial charge in [0.15, 0.2) is 0 Å². The Morgan fingerprint density at radius 3 is 2.65 bits per heavy atom. The highest BCUT2D eigenvalue weighted by atomic mass is 16.5. The number of carbonyl (C=O) groups is 1. The smallest absolute Gasteiger partial charge is 0.344 e. The number of esters is 1. The van der Waals surface area contributed by atoms with Crippen LogP contribution in [-0.2, 0) is 11.3 Å². The van der Waals surface area contributed by atoms with Gasteiger partial charge in [-0.25, -0.2) is 4.79 Å². The first-order valence-corrected chi connectivity index (χ1v) is 6.27. The molecule has 0 aliphatic heterocycles. The van der Waals surface area contributed by atoms with Gasteiger partial charge in [-0.2, -0.15) is 0 Å². The number of ether oxygens (including phenoxy) is 2. The first-order chi connectivity index (χ1) is 9.61. The number of carbonyl (C=O) groups excluding carboxylic acids is 1. The molecule has 0 spiro atoms. The van der Waals surface area contributed by atoms with Gasteiger partial charge in [0.25, 0.3) is 0 Å². The molecule has 0 aliphatic rings. The summed E-state index contributed by atoms with van der Waals surface area (Å²) in [5.74, 6) is -0.0688. The summed E-state index contributed by atoms with van der Waals surface area (Å²) in [6.07, 6.45) is 0. The van der Waals surface area contributed by atoms with Crippen LogP contribution in [0.25, 0.3) is 0 Å². The molecule has 0 unspecified atom stereocenters. The Morgan fingerprint density at radius 1 is 1.20 bits per heavy atom. The number of hydrogen-bond acceptors (Lipinski definition) is 4. The maximum Gasteiger partial charge on any atom is 0.344 e. The molecule has 0 heterocycles. The van der Waals surface area contributed by atoms with Crippen molar-refractivity contribution in [3.05, 3.63) is 59.2 Å². The lowest BCUT2D eigenvalue weighted by Gasteiger charge is -2.11. The van der Waals surface area contributed by atoms with Gasteiger partial charge in [-0.05, 0) is 24.6 Å². The Balaban J connectivity index is 2.13. The maximum atomic E-state index is 12.1. The van der Waals surface area contributed by atoms with E-state index in [1.54, 1.807) is 18.2 Å². The van der Waals surface area contributed by atoms with E-state index in [1.165, 1.54) is 7.11 Å². The van der Waals surface area contributed by atoms with Crippen molar-refractivity contribution in [1.82, 2.24) is 0 Å². The second kappa shape index (κ2) is 6.10. The lowest BCUT2D eigenvalue weighted by Crippen LogP contribution is -2.10. The molecule has 2 rings (SSSR count). The number of nitrogens with two attached hydrogens (primary N) is 1. The first kappa shape index (κ1) is 13.9. The summed E-state index contributed by atoms with van der Waals surface area (Å²) in [6.45, 7) is 2.20. The van der Waals surface area contributed by atoms with Gasteiger partial charge < -0.3 is 15.2 Å². The largest absolute Gasteiger partial charge is 0.496 e. The van der Waals surface area contributed by atoms with E-state index >= 15 is 0 Å². The minimum Gasteiger partial charge on any atom is -0.496 e. The highest BCUT2D eigenvalue weighted by molar-refractivity contribution is 5.98. The molecule has 2 aromatic carbocycles. The molecule has 0 aliphatic carbocycles. The molecule has 0 saturated heterocycles. The molecule has 0 saturated carbocycles. The molecule has 0 amide bonds. The number of benzene rings is 2. The Labute approximate surface area is 118 Å². The molecule has 2 N–H and O–H groups in total. The Morgan fingerprint density at radius 2 is 1.95 bits per heavy atom. The van der Waals surface area contributed by atoms with Crippen molar-refractivity contribution < 1.29 is 14.3 Å². The van der Waals surface area contributed by atoms with E-state index in [1.807, 2.05) is 31.2 Å². The number of nitrogen functional groups attached to an aromatic ring is 1. The lowest BCUT2D eigenvalue weighted by atomic mass is 10.1. The number of aryl methyl sites for hydroxylation is 1.